The molecular weight excluding hydrogens is 840 g/mol. The van der Waals surface area contributed by atoms with Gasteiger partial charge in [-0.3, -0.25) is 0 Å². The SMILES string of the molecule is CCCCc1ccc(N2c3cc4c(c5c3B(c3c2sc2ccccc32)N2c3ccccc3C(c3ccccc3)(c3ccccc3)c3cccc-5c32)C(C)(C)c2ccccc2-4)c(-c2ccccc2)c1. The maximum absolute atomic E-state index is 2.79. The van der Waals surface area contributed by atoms with Crippen LogP contribution in [0.3, 0.4) is 0 Å². The zero-order valence-corrected chi connectivity index (χ0v) is 39.4. The first-order chi connectivity index (χ1) is 33.5. The molecule has 0 amide bonds. The lowest BCUT2D eigenvalue weighted by Gasteiger charge is -2.53. The van der Waals surface area contributed by atoms with Crippen LogP contribution in [0, 0.1) is 0 Å². The lowest BCUT2D eigenvalue weighted by molar-refractivity contribution is 0.662. The number of nitrogens with zero attached hydrogens (tertiary/aromatic N) is 2. The molecule has 10 aromatic rings. The highest BCUT2D eigenvalue weighted by molar-refractivity contribution is 7.26. The van der Waals surface area contributed by atoms with Crippen LogP contribution in [0.1, 0.15) is 72.6 Å². The summed E-state index contributed by atoms with van der Waals surface area (Å²) in [5.41, 5.74) is 24.3. The molecule has 0 saturated heterocycles. The van der Waals surface area contributed by atoms with E-state index >= 15 is 0 Å². The third kappa shape index (κ3) is 5.24. The van der Waals surface area contributed by atoms with Crippen molar-refractivity contribution in [3.63, 3.8) is 0 Å². The van der Waals surface area contributed by atoms with Crippen LogP contribution in [0.4, 0.5) is 27.8 Å². The van der Waals surface area contributed by atoms with Gasteiger partial charge in [-0.25, -0.2) is 0 Å². The van der Waals surface area contributed by atoms with E-state index < -0.39 is 5.41 Å². The van der Waals surface area contributed by atoms with E-state index in [0.29, 0.717) is 0 Å². The Morgan fingerprint density at radius 2 is 1.16 bits per heavy atom. The van der Waals surface area contributed by atoms with E-state index in [9.17, 15) is 0 Å². The van der Waals surface area contributed by atoms with Crippen molar-refractivity contribution in [3.05, 3.63) is 245 Å². The second kappa shape index (κ2) is 14.8. The van der Waals surface area contributed by atoms with E-state index in [1.54, 1.807) is 0 Å². The third-order valence-corrected chi connectivity index (χ3v) is 17.0. The fourth-order valence-corrected chi connectivity index (χ4v) is 14.4. The smallest absolute Gasteiger partial charge is 0.334 e. The number of aryl methyl sites for hydroxylation is 1. The van der Waals surface area contributed by atoms with Crippen molar-refractivity contribution in [2.24, 2.45) is 0 Å². The second-order valence-corrected chi connectivity index (χ2v) is 20.8. The van der Waals surface area contributed by atoms with Gasteiger partial charge in [0, 0.05) is 38.3 Å². The molecule has 0 N–H and O–H groups in total. The van der Waals surface area contributed by atoms with E-state index in [1.165, 1.54) is 134 Å². The van der Waals surface area contributed by atoms with E-state index in [2.05, 4.69) is 237 Å². The minimum atomic E-state index is -0.581. The Hall–Kier alpha value is -7.40. The van der Waals surface area contributed by atoms with Gasteiger partial charge in [-0.05, 0) is 121 Å². The van der Waals surface area contributed by atoms with Crippen molar-refractivity contribution in [2.45, 2.75) is 50.9 Å². The van der Waals surface area contributed by atoms with Gasteiger partial charge in [0.1, 0.15) is 0 Å². The van der Waals surface area contributed by atoms with E-state index in [-0.39, 0.29) is 12.3 Å². The van der Waals surface area contributed by atoms with Gasteiger partial charge in [0.25, 0.3) is 0 Å². The number of fused-ring (bicyclic) bond motifs is 12. The minimum absolute atomic E-state index is 0.115. The van der Waals surface area contributed by atoms with Crippen LogP contribution in [0.5, 0.6) is 0 Å². The van der Waals surface area contributed by atoms with E-state index in [4.69, 9.17) is 0 Å². The Morgan fingerprint density at radius 1 is 0.515 bits per heavy atom. The fourth-order valence-electron chi connectivity index (χ4n) is 13.1. The predicted octanol–water partition coefficient (Wildman–Crippen LogP) is 15.6. The molecular formula is C64H49BN2S. The standard InChI is InChI=1S/C64H49BN2S/c1-4-5-22-41-37-38-53(48(39-41)42-23-9-6-10-24-42)66-55-40-49-45-29-15-17-32-50(45)63(2,3)58(49)57-47-31-21-34-52-61(47)67(65(60(55)57)59-46-30-16-20-36-56(46)68-62(59)66)54-35-19-18-33-51(54)64(52,43-25-11-7-12-26-43)44-27-13-8-14-28-44/h6-21,23-40H,4-5,22H2,1-3H3. The third-order valence-electron chi connectivity index (χ3n) is 15.9. The van der Waals surface area contributed by atoms with Crippen LogP contribution in [-0.4, -0.2) is 6.85 Å². The molecule has 1 aromatic heterocycles. The van der Waals surface area contributed by atoms with Crippen molar-refractivity contribution in [1.29, 1.82) is 0 Å². The Balaban J connectivity index is 1.18. The summed E-state index contributed by atoms with van der Waals surface area (Å²) < 4.78 is 1.31. The molecule has 14 rings (SSSR count). The minimum Gasteiger partial charge on any atom is -0.376 e. The Bertz CT molecular complexity index is 3630. The van der Waals surface area contributed by atoms with Crippen LogP contribution in [0.25, 0.3) is 43.5 Å². The number of benzene rings is 9. The monoisotopic (exact) mass is 888 g/mol. The molecule has 3 aliphatic heterocycles. The van der Waals surface area contributed by atoms with Crippen LogP contribution in [0.15, 0.2) is 206 Å². The summed E-state index contributed by atoms with van der Waals surface area (Å²) in [5.74, 6) is 0. The summed E-state index contributed by atoms with van der Waals surface area (Å²) >= 11 is 1.95. The molecule has 0 fully saturated rings. The lowest BCUT2D eigenvalue weighted by atomic mass is 9.41. The van der Waals surface area contributed by atoms with Gasteiger partial charge in [0.05, 0.1) is 16.1 Å². The van der Waals surface area contributed by atoms with E-state index in [0.717, 1.165) is 6.42 Å². The molecule has 1 aliphatic carbocycles. The predicted molar refractivity (Wildman–Crippen MR) is 289 cm³/mol. The van der Waals surface area contributed by atoms with Crippen LogP contribution < -0.4 is 20.6 Å². The Morgan fingerprint density at radius 3 is 1.93 bits per heavy atom. The Labute approximate surface area is 403 Å². The Kier molecular flexibility index (Phi) is 8.65. The van der Waals surface area contributed by atoms with E-state index in [1.807, 2.05) is 11.3 Å². The van der Waals surface area contributed by atoms with Crippen LogP contribution >= 0.6 is 11.3 Å². The van der Waals surface area contributed by atoms with Crippen molar-refractivity contribution in [2.75, 3.05) is 9.71 Å². The number of rotatable bonds is 7. The number of unbranched alkanes of at least 4 members (excludes halogenated alkanes) is 1. The number of anilines is 5. The zero-order valence-electron chi connectivity index (χ0n) is 38.6. The first-order valence-corrected chi connectivity index (χ1v) is 25.3. The van der Waals surface area contributed by atoms with Crippen molar-refractivity contribution in [1.82, 2.24) is 0 Å². The van der Waals surface area contributed by atoms with Gasteiger partial charge < -0.3 is 9.71 Å². The van der Waals surface area contributed by atoms with Crippen LogP contribution in [0.2, 0.25) is 0 Å². The molecule has 0 unspecified atom stereocenters. The van der Waals surface area contributed by atoms with Gasteiger partial charge in [-0.1, -0.05) is 203 Å². The van der Waals surface area contributed by atoms with Gasteiger partial charge in [0.15, 0.2) is 0 Å². The highest BCUT2D eigenvalue weighted by Crippen LogP contribution is 2.64. The first kappa shape index (κ1) is 39.7. The highest BCUT2D eigenvalue weighted by atomic mass is 32.1. The lowest BCUT2D eigenvalue weighted by Crippen LogP contribution is -2.63. The summed E-state index contributed by atoms with van der Waals surface area (Å²) in [6.45, 7) is 7.12. The molecule has 4 heteroatoms. The van der Waals surface area contributed by atoms with Crippen LogP contribution in [-0.2, 0) is 17.3 Å². The molecule has 0 radical (unpaired) electrons. The average Bonchev–Trinajstić information content (AvgIpc) is 3.89. The maximum Gasteiger partial charge on any atom is 0.334 e. The van der Waals surface area contributed by atoms with Crippen molar-refractivity contribution in [3.8, 4) is 33.4 Å². The van der Waals surface area contributed by atoms with Crippen molar-refractivity contribution < 1.29 is 0 Å². The van der Waals surface area contributed by atoms with Gasteiger partial charge in [0.2, 0.25) is 0 Å². The van der Waals surface area contributed by atoms with Gasteiger partial charge in [-0.2, -0.15) is 0 Å². The number of hydrogen-bond acceptors (Lipinski definition) is 3. The molecule has 0 atom stereocenters. The fraction of sp³-hybridized carbons (Fsp3) is 0.125. The molecule has 2 nitrogen and oxygen atoms in total. The summed E-state index contributed by atoms with van der Waals surface area (Å²) in [7, 11) is 0. The highest BCUT2D eigenvalue weighted by Gasteiger charge is 2.56. The molecule has 4 aliphatic rings. The summed E-state index contributed by atoms with van der Waals surface area (Å²) in [6, 6.07) is 78.7. The number of para-hydroxylation sites is 2. The van der Waals surface area contributed by atoms with Gasteiger partial charge >= 0.3 is 6.85 Å². The molecule has 9 aromatic carbocycles. The number of thiophene rings is 1. The topological polar surface area (TPSA) is 6.48 Å². The quantitative estimate of drug-likeness (QED) is 0.147. The average molecular weight is 889 g/mol. The molecule has 0 bridgehead atoms. The zero-order chi connectivity index (χ0) is 45.3. The largest absolute Gasteiger partial charge is 0.376 e. The molecule has 0 saturated carbocycles. The molecule has 324 valence electrons. The normalized spacial score (nSPS) is 15.0. The maximum atomic E-state index is 2.79. The summed E-state index contributed by atoms with van der Waals surface area (Å²) in [4.78, 5) is 5.48. The van der Waals surface area contributed by atoms with Gasteiger partial charge in [-0.15, -0.1) is 11.3 Å². The molecule has 0 spiro atoms. The first-order valence-electron chi connectivity index (χ1n) is 24.4. The number of hydrogen-bond donors (Lipinski definition) is 0. The molecule has 68 heavy (non-hydrogen) atoms. The second-order valence-electron chi connectivity index (χ2n) is 19.7. The summed E-state index contributed by atoms with van der Waals surface area (Å²) in [5, 5.41) is 2.62. The van der Waals surface area contributed by atoms with Crippen molar-refractivity contribution >= 4 is 66.9 Å². The molecule has 4 heterocycles. The summed E-state index contributed by atoms with van der Waals surface area (Å²) in [6.07, 6.45) is 3.40.